The van der Waals surface area contributed by atoms with Gasteiger partial charge in [-0.05, 0) is 23.7 Å². The maximum Gasteiger partial charge on any atom is 0.322 e. The van der Waals surface area contributed by atoms with Crippen molar-refractivity contribution in [1.29, 1.82) is 8.12 Å². The van der Waals surface area contributed by atoms with E-state index in [0.717, 1.165) is 0 Å². The molecule has 110 valence electrons. The molecule has 1 amide bonds. The lowest BCUT2D eigenvalue weighted by Gasteiger charge is -2.07. The predicted molar refractivity (Wildman–Crippen MR) is 76.0 cm³/mol. The molecule has 0 bridgehead atoms. The first-order chi connectivity index (χ1) is 13.6. The Kier molecular flexibility index (Phi) is 2.36. The molecule has 0 aliphatic heterocycles. The third-order valence-corrected chi connectivity index (χ3v) is 2.46. The summed E-state index contributed by atoms with van der Waals surface area (Å²) in [6, 6.07) is 7.02. The third-order valence-electron chi connectivity index (χ3n) is 2.46. The van der Waals surface area contributed by atoms with Gasteiger partial charge < -0.3 is 15.5 Å². The number of carbonyl (C=O) groups excluding carboxylic acids is 1. The van der Waals surface area contributed by atoms with Gasteiger partial charge in [0.15, 0.2) is 7.11 Å². The van der Waals surface area contributed by atoms with E-state index in [4.69, 9.17) is 15.0 Å². The van der Waals surface area contributed by atoms with E-state index < -0.39 is 47.3 Å². The van der Waals surface area contributed by atoms with Crippen LogP contribution in [0, 0.1) is 11.3 Å². The molecule has 0 aliphatic carbocycles. The standard InChI is InChI=1S/C15H11N3O4/c16-6-9-2-1-3-10(4-9)11-5-12(19)14(17-7-11)15(22)18-8-13(20)21/h1-5,7,19H,8H2,(H,18,22)(H,20,21)/i5D,7D,8D2/hD3. The molecule has 0 saturated carbocycles. The summed E-state index contributed by atoms with van der Waals surface area (Å²) >= 11 is 0. The van der Waals surface area contributed by atoms with Crippen molar-refractivity contribution in [2.45, 2.75) is 0 Å². The molecule has 7 nitrogen and oxygen atoms in total. The van der Waals surface area contributed by atoms with Gasteiger partial charge in [-0.3, -0.25) is 9.59 Å². The van der Waals surface area contributed by atoms with Crippen molar-refractivity contribution in [3.05, 3.63) is 47.7 Å². The first-order valence-corrected chi connectivity index (χ1v) is 5.76. The second-order valence-electron chi connectivity index (χ2n) is 3.91. The molecule has 1 heterocycles. The van der Waals surface area contributed by atoms with Crippen LogP contribution in [0.3, 0.4) is 0 Å². The van der Waals surface area contributed by atoms with E-state index in [1.165, 1.54) is 24.3 Å². The van der Waals surface area contributed by atoms with Crippen LogP contribution in [-0.2, 0) is 4.79 Å². The van der Waals surface area contributed by atoms with Crippen LogP contribution in [-0.4, -0.2) is 35.0 Å². The van der Waals surface area contributed by atoms with Crippen LogP contribution in [0.1, 0.15) is 21.5 Å². The van der Waals surface area contributed by atoms with E-state index in [0.29, 0.717) is 0 Å². The Morgan fingerprint density at radius 1 is 1.55 bits per heavy atom. The number of carbonyl (C=O) groups is 2. The first-order valence-electron chi connectivity index (χ1n) is 9.02. The molecule has 0 aliphatic rings. The summed E-state index contributed by atoms with van der Waals surface area (Å²) in [6.45, 7) is -3.38. The Morgan fingerprint density at radius 3 is 3.14 bits per heavy atom. The number of hydrogen-bond donors (Lipinski definition) is 3. The normalized spacial score (nSPS) is 14.6. The number of nitrogens with one attached hydrogen (secondary N) is 1. The summed E-state index contributed by atoms with van der Waals surface area (Å²) in [5.74, 6) is -4.27. The Bertz CT molecular complexity index is 1030. The number of aliphatic carboxylic acids is 1. The summed E-state index contributed by atoms with van der Waals surface area (Å²) < 4.78 is 52.2. The monoisotopic (exact) mass is 304 g/mol. The Hall–Kier alpha value is -3.40. The Balaban J connectivity index is 2.63. The molecule has 2 rings (SSSR count). The minimum atomic E-state index is -3.38. The number of benzene rings is 1. The maximum absolute atomic E-state index is 12.4. The summed E-state index contributed by atoms with van der Waals surface area (Å²) in [6.07, 6.45) is -0.647. The van der Waals surface area contributed by atoms with Crippen molar-refractivity contribution in [3.8, 4) is 22.9 Å². The van der Waals surface area contributed by atoms with Gasteiger partial charge in [-0.15, -0.1) is 0 Å². The summed E-state index contributed by atoms with van der Waals surface area (Å²) in [7, 11) is 0. The van der Waals surface area contributed by atoms with Gasteiger partial charge in [0.05, 0.1) is 17.1 Å². The highest BCUT2D eigenvalue weighted by Gasteiger charge is 2.15. The lowest BCUT2D eigenvalue weighted by atomic mass is 10.0. The zero-order valence-electron chi connectivity index (χ0n) is 17.8. The number of nitriles is 1. The molecule has 0 radical (unpaired) electrons. The van der Waals surface area contributed by atoms with Gasteiger partial charge in [0.25, 0.3) is 8.77 Å². The van der Waals surface area contributed by atoms with Crippen molar-refractivity contribution in [3.63, 3.8) is 0 Å². The van der Waals surface area contributed by atoms with Gasteiger partial charge in [0.2, 0.25) is 0 Å². The summed E-state index contributed by atoms with van der Waals surface area (Å²) in [5.41, 5.74) is -0.688. The van der Waals surface area contributed by atoms with E-state index in [1.54, 1.807) is 0 Å². The Labute approximate surface area is 135 Å². The molecule has 1 aromatic heterocycles. The van der Waals surface area contributed by atoms with Crippen LogP contribution >= 0.6 is 0 Å². The minimum absolute atomic E-state index is 0.175. The van der Waals surface area contributed by atoms with E-state index in [2.05, 4.69) is 15.2 Å². The van der Waals surface area contributed by atoms with Gasteiger partial charge in [-0.25, -0.2) is 4.98 Å². The average molecular weight is 304 g/mol. The van der Waals surface area contributed by atoms with E-state index in [-0.39, 0.29) is 16.7 Å². The van der Waals surface area contributed by atoms with Gasteiger partial charge in [0, 0.05) is 11.7 Å². The topological polar surface area (TPSA) is 123 Å². The smallest absolute Gasteiger partial charge is 0.322 e. The second-order valence-corrected chi connectivity index (χ2v) is 3.91. The van der Waals surface area contributed by atoms with Gasteiger partial charge in [-0.2, -0.15) is 5.26 Å². The van der Waals surface area contributed by atoms with Crippen molar-refractivity contribution < 1.29 is 26.7 Å². The van der Waals surface area contributed by atoms with E-state index in [9.17, 15) is 9.59 Å². The predicted octanol–water partition coefficient (Wildman–Crippen LogP) is 1.14. The molecule has 0 atom stereocenters. The molecule has 3 N–H and O–H groups in total. The van der Waals surface area contributed by atoms with Crippen LogP contribution in [0.4, 0.5) is 0 Å². The van der Waals surface area contributed by atoms with Crippen molar-refractivity contribution >= 4 is 11.9 Å². The van der Waals surface area contributed by atoms with E-state index >= 15 is 0 Å². The van der Waals surface area contributed by atoms with Crippen molar-refractivity contribution in [2.24, 2.45) is 0 Å². The van der Waals surface area contributed by atoms with Crippen LogP contribution in [0.25, 0.3) is 12.6 Å². The molecule has 1 aromatic carbocycles. The van der Waals surface area contributed by atoms with Crippen LogP contribution in [0.2, 0.25) is 1.41 Å². The third kappa shape index (κ3) is 3.37. The fourth-order valence-electron chi connectivity index (χ4n) is 1.54. The van der Waals surface area contributed by atoms with Gasteiger partial charge in [0.1, 0.15) is 12.2 Å². The molecule has 22 heavy (non-hydrogen) atoms. The number of hydrogen-bond acceptors (Lipinski definition) is 6. The minimum Gasteiger partial charge on any atom is -0.505 e. The summed E-state index contributed by atoms with van der Waals surface area (Å²) in [5, 5.41) is 16.2. The SMILES string of the molecule is [2H]OC(=O)C([2H])([2H])N([2H])C(=O)c1nc([2H])c(-c2cccc(C#N)c2)c([2H])c1O[2H]. The highest BCUT2D eigenvalue weighted by molar-refractivity contribution is 5.96. The molecular weight excluding hydrogens is 286 g/mol. The quantitative estimate of drug-likeness (QED) is 0.761. The maximum atomic E-state index is 12.4. The number of aromatic hydroxyl groups is 1. The lowest BCUT2D eigenvalue weighted by molar-refractivity contribution is -0.135. The molecular formula is C15H11N3O4. The highest BCUT2D eigenvalue weighted by Crippen LogP contribution is 2.25. The van der Waals surface area contributed by atoms with Crippen molar-refractivity contribution in [1.82, 2.24) is 10.3 Å². The van der Waals surface area contributed by atoms with E-state index in [1.807, 2.05) is 6.07 Å². The van der Waals surface area contributed by atoms with Crippen LogP contribution in [0.5, 0.6) is 5.75 Å². The molecule has 0 fully saturated rings. The van der Waals surface area contributed by atoms with Crippen LogP contribution < -0.4 is 5.31 Å². The molecule has 0 unspecified atom stereocenters. The number of amides is 1. The van der Waals surface area contributed by atoms with Gasteiger partial charge in [-0.1, -0.05) is 12.1 Å². The number of rotatable bonds is 5. The first kappa shape index (κ1) is 8.14. The number of nitrogens with zero attached hydrogens (tertiary/aromatic N) is 2. The van der Waals surface area contributed by atoms with Gasteiger partial charge >= 0.3 is 5.97 Å². The number of aromatic nitrogens is 1. The van der Waals surface area contributed by atoms with Crippen molar-refractivity contribution in [2.75, 3.05) is 6.50 Å². The Morgan fingerprint density at radius 2 is 2.41 bits per heavy atom. The fraction of sp³-hybridized carbons (Fsp3) is 0.0667. The molecule has 0 saturated heterocycles. The second kappa shape index (κ2) is 6.37. The zero-order chi connectivity index (χ0) is 21.9. The molecule has 7 heteroatoms. The highest BCUT2D eigenvalue weighted by atomic mass is 16.4. The fourth-order valence-corrected chi connectivity index (χ4v) is 1.54. The average Bonchev–Trinajstić information content (AvgIpc) is 2.71. The number of carboxylic acids is 1. The zero-order valence-corrected chi connectivity index (χ0v) is 10.8. The number of pyridine rings is 1. The molecule has 2 aromatic rings. The summed E-state index contributed by atoms with van der Waals surface area (Å²) in [4.78, 5) is 27.3. The lowest BCUT2D eigenvalue weighted by Crippen LogP contribution is -2.29. The number of carboxylic acid groups (broad SMARTS) is 1. The largest absolute Gasteiger partial charge is 0.505 e. The van der Waals surface area contributed by atoms with Crippen LogP contribution in [0.15, 0.2) is 36.5 Å². The molecule has 0 spiro atoms.